The number of anilines is 2. The van der Waals surface area contributed by atoms with E-state index in [1.54, 1.807) is 18.2 Å². The monoisotopic (exact) mass is 242 g/mol. The second kappa shape index (κ2) is 6.61. The molecule has 0 spiro atoms. The second-order valence-electron chi connectivity index (χ2n) is 4.07. The third kappa shape index (κ3) is 4.29. The van der Waals surface area contributed by atoms with Crippen LogP contribution < -0.4 is 11.5 Å². The molecule has 3 nitrogen and oxygen atoms in total. The van der Waals surface area contributed by atoms with Gasteiger partial charge in [-0.2, -0.15) is 0 Å². The number of ether oxygens (including phenoxy) is 1. The molecule has 1 saturated heterocycles. The molecule has 1 atom stereocenters. The highest BCUT2D eigenvalue weighted by Crippen LogP contribution is 2.23. The van der Waals surface area contributed by atoms with E-state index < -0.39 is 0 Å². The van der Waals surface area contributed by atoms with Crippen LogP contribution in [0.1, 0.15) is 19.8 Å². The molecule has 0 radical (unpaired) electrons. The number of nitrogen functional groups attached to an aromatic ring is 2. The summed E-state index contributed by atoms with van der Waals surface area (Å²) in [6.07, 6.45) is 2.63. The molecule has 4 N–H and O–H groups in total. The molecule has 0 aromatic heterocycles. The molecule has 1 aliphatic rings. The zero-order valence-electron chi connectivity index (χ0n) is 9.58. The fraction of sp³-hybridized carbons (Fsp3) is 0.500. The molecule has 0 saturated carbocycles. The fourth-order valence-electron chi connectivity index (χ4n) is 1.46. The molecule has 4 heteroatoms. The van der Waals surface area contributed by atoms with Gasteiger partial charge in [0.1, 0.15) is 0 Å². The highest BCUT2D eigenvalue weighted by Gasteiger charge is 2.06. The standard InChI is InChI=1S/C6H7ClN2.C6H12O/c7-4-2-1-3-5(8)6(4)9;1-6-3-2-4-7-5-6/h1-3H,8-9H2;6H,2-5H2,1H3. The molecule has 0 amide bonds. The largest absolute Gasteiger partial charge is 0.397 e. The van der Waals surface area contributed by atoms with E-state index in [4.69, 9.17) is 27.8 Å². The number of hydrogen-bond acceptors (Lipinski definition) is 3. The summed E-state index contributed by atoms with van der Waals surface area (Å²) in [4.78, 5) is 0. The molecule has 1 aromatic rings. The van der Waals surface area contributed by atoms with Gasteiger partial charge in [0.2, 0.25) is 0 Å². The van der Waals surface area contributed by atoms with Crippen LogP contribution in [-0.2, 0) is 4.74 Å². The molecular weight excluding hydrogens is 224 g/mol. The summed E-state index contributed by atoms with van der Waals surface area (Å²) < 4.78 is 5.18. The van der Waals surface area contributed by atoms with Crippen molar-refractivity contribution in [2.75, 3.05) is 24.7 Å². The van der Waals surface area contributed by atoms with Gasteiger partial charge in [0.25, 0.3) is 0 Å². The van der Waals surface area contributed by atoms with Crippen molar-refractivity contribution in [3.63, 3.8) is 0 Å². The first-order valence-electron chi connectivity index (χ1n) is 5.48. The summed E-state index contributed by atoms with van der Waals surface area (Å²) >= 11 is 5.61. The van der Waals surface area contributed by atoms with Crippen molar-refractivity contribution in [1.82, 2.24) is 0 Å². The van der Waals surface area contributed by atoms with Crippen LogP contribution in [0.25, 0.3) is 0 Å². The molecular formula is C12H19ClN2O. The number of nitrogens with two attached hydrogens (primary N) is 2. The lowest BCUT2D eigenvalue weighted by molar-refractivity contribution is 0.0616. The third-order valence-corrected chi connectivity index (χ3v) is 2.80. The molecule has 16 heavy (non-hydrogen) atoms. The van der Waals surface area contributed by atoms with Crippen LogP contribution in [0.5, 0.6) is 0 Å². The Kier molecular flexibility index (Phi) is 5.43. The number of halogens is 1. The van der Waals surface area contributed by atoms with Crippen LogP contribution in [0, 0.1) is 5.92 Å². The maximum Gasteiger partial charge on any atom is 0.0737 e. The van der Waals surface area contributed by atoms with Crippen molar-refractivity contribution in [2.24, 2.45) is 5.92 Å². The van der Waals surface area contributed by atoms with Gasteiger partial charge < -0.3 is 16.2 Å². The van der Waals surface area contributed by atoms with Crippen LogP contribution in [0.2, 0.25) is 5.02 Å². The average Bonchev–Trinajstić information content (AvgIpc) is 2.28. The minimum atomic E-state index is 0.458. The van der Waals surface area contributed by atoms with Crippen molar-refractivity contribution in [2.45, 2.75) is 19.8 Å². The Morgan fingerprint density at radius 1 is 1.38 bits per heavy atom. The minimum Gasteiger partial charge on any atom is -0.397 e. The van der Waals surface area contributed by atoms with Crippen LogP contribution in [0.3, 0.4) is 0 Å². The molecule has 1 unspecified atom stereocenters. The number of hydrogen-bond donors (Lipinski definition) is 2. The van der Waals surface area contributed by atoms with Crippen molar-refractivity contribution in [3.05, 3.63) is 23.2 Å². The number of para-hydroxylation sites is 1. The Morgan fingerprint density at radius 3 is 2.50 bits per heavy atom. The van der Waals surface area contributed by atoms with Gasteiger partial charge >= 0.3 is 0 Å². The molecule has 0 aliphatic carbocycles. The summed E-state index contributed by atoms with van der Waals surface area (Å²) in [5.74, 6) is 0.814. The van der Waals surface area contributed by atoms with Gasteiger partial charge in [-0.25, -0.2) is 0 Å². The topological polar surface area (TPSA) is 61.3 Å². The van der Waals surface area contributed by atoms with Gasteiger partial charge in [0.05, 0.1) is 16.4 Å². The van der Waals surface area contributed by atoms with Crippen molar-refractivity contribution >= 4 is 23.0 Å². The van der Waals surface area contributed by atoms with Gasteiger partial charge in [0.15, 0.2) is 0 Å². The minimum absolute atomic E-state index is 0.458. The maximum absolute atomic E-state index is 5.61. The van der Waals surface area contributed by atoms with Crippen molar-refractivity contribution < 1.29 is 4.74 Å². The average molecular weight is 243 g/mol. The Labute approximate surface area is 102 Å². The maximum atomic E-state index is 5.61. The van der Waals surface area contributed by atoms with Gasteiger partial charge in [-0.1, -0.05) is 24.6 Å². The smallest absolute Gasteiger partial charge is 0.0737 e. The lowest BCUT2D eigenvalue weighted by Gasteiger charge is -2.16. The third-order valence-electron chi connectivity index (χ3n) is 2.47. The van der Waals surface area contributed by atoms with E-state index >= 15 is 0 Å². The number of benzene rings is 1. The molecule has 1 aromatic carbocycles. The SMILES string of the molecule is CC1CCCOC1.Nc1cccc(Cl)c1N. The Balaban J connectivity index is 0.000000165. The molecule has 1 fully saturated rings. The number of rotatable bonds is 0. The predicted octanol–water partition coefficient (Wildman–Crippen LogP) is 2.94. The Morgan fingerprint density at radius 2 is 2.12 bits per heavy atom. The predicted molar refractivity (Wildman–Crippen MR) is 69.5 cm³/mol. The first kappa shape index (κ1) is 13.1. The Hall–Kier alpha value is -0.930. The first-order chi connectivity index (χ1) is 7.61. The van der Waals surface area contributed by atoms with E-state index in [0.29, 0.717) is 16.4 Å². The van der Waals surface area contributed by atoms with Crippen molar-refractivity contribution in [1.29, 1.82) is 0 Å². The second-order valence-corrected chi connectivity index (χ2v) is 4.47. The zero-order valence-corrected chi connectivity index (χ0v) is 10.3. The Bertz CT molecular complexity index is 305. The summed E-state index contributed by atoms with van der Waals surface area (Å²) in [5.41, 5.74) is 11.8. The van der Waals surface area contributed by atoms with E-state index in [-0.39, 0.29) is 0 Å². The summed E-state index contributed by atoms with van der Waals surface area (Å²) in [5, 5.41) is 0.509. The molecule has 0 bridgehead atoms. The first-order valence-corrected chi connectivity index (χ1v) is 5.86. The molecule has 2 rings (SSSR count). The summed E-state index contributed by atoms with van der Waals surface area (Å²) in [6, 6.07) is 5.17. The van der Waals surface area contributed by atoms with Gasteiger partial charge in [-0.3, -0.25) is 0 Å². The van der Waals surface area contributed by atoms with Crippen molar-refractivity contribution in [3.8, 4) is 0 Å². The van der Waals surface area contributed by atoms with E-state index in [2.05, 4.69) is 6.92 Å². The molecule has 1 aliphatic heterocycles. The highest BCUT2D eigenvalue weighted by molar-refractivity contribution is 6.33. The lowest BCUT2D eigenvalue weighted by atomic mass is 10.1. The zero-order chi connectivity index (χ0) is 12.0. The van der Waals surface area contributed by atoms with Gasteiger partial charge in [-0.15, -0.1) is 0 Å². The molecule has 90 valence electrons. The normalized spacial score (nSPS) is 19.8. The van der Waals surface area contributed by atoms with E-state index in [1.165, 1.54) is 12.8 Å². The highest BCUT2D eigenvalue weighted by atomic mass is 35.5. The molecule has 1 heterocycles. The van der Waals surface area contributed by atoms with E-state index in [0.717, 1.165) is 19.1 Å². The summed E-state index contributed by atoms with van der Waals surface area (Å²) in [7, 11) is 0. The van der Waals surface area contributed by atoms with Crippen LogP contribution >= 0.6 is 11.6 Å². The van der Waals surface area contributed by atoms with Crippen LogP contribution in [0.15, 0.2) is 18.2 Å². The van der Waals surface area contributed by atoms with Gasteiger partial charge in [0, 0.05) is 13.2 Å². The van der Waals surface area contributed by atoms with Crippen LogP contribution in [0.4, 0.5) is 11.4 Å². The quantitative estimate of drug-likeness (QED) is 0.688. The summed E-state index contributed by atoms with van der Waals surface area (Å²) in [6.45, 7) is 4.21. The van der Waals surface area contributed by atoms with E-state index in [1.807, 2.05) is 0 Å². The van der Waals surface area contributed by atoms with Crippen LogP contribution in [-0.4, -0.2) is 13.2 Å². The van der Waals surface area contributed by atoms with E-state index in [9.17, 15) is 0 Å². The lowest BCUT2D eigenvalue weighted by Crippen LogP contribution is -2.13. The van der Waals surface area contributed by atoms with Gasteiger partial charge in [-0.05, 0) is 30.9 Å². The fourth-order valence-corrected chi connectivity index (χ4v) is 1.64.